The molecule has 1 aliphatic heterocycles. The molecule has 1 rings (SSSR count). The molecule has 5 nitrogen and oxygen atoms in total. The first-order valence-electron chi connectivity index (χ1n) is 1.67. The third-order valence-electron chi connectivity index (χ3n) is 0.450. The quantitative estimate of drug-likeness (QED) is 0.503. The Morgan fingerprint density at radius 1 is 1.12 bits per heavy atom. The molecule has 0 amide bonds. The molecule has 0 aliphatic carbocycles. The fourth-order valence-electron chi connectivity index (χ4n) is 0.211. The van der Waals surface area contributed by atoms with Gasteiger partial charge in [-0.2, -0.15) is 0 Å². The van der Waals surface area contributed by atoms with E-state index in [0.717, 1.165) is 0 Å². The fraction of sp³-hybridized carbons (Fsp3) is 1.00. The van der Waals surface area contributed by atoms with Crippen LogP contribution >= 0.6 is 0 Å². The van der Waals surface area contributed by atoms with Crippen LogP contribution in [0, 0.1) is 0 Å². The Labute approximate surface area is 55.3 Å². The third-order valence-corrected chi connectivity index (χ3v) is 5.24. The van der Waals surface area contributed by atoms with Gasteiger partial charge in [0.05, 0.1) is 0 Å². The summed E-state index contributed by atoms with van der Waals surface area (Å²) in [6.45, 7) is -0.146. The van der Waals surface area contributed by atoms with Crippen LogP contribution in [0.15, 0.2) is 0 Å². The predicted molar refractivity (Wildman–Crippen MR) is 21.0 cm³/mol. The summed E-state index contributed by atoms with van der Waals surface area (Å²) in [5.41, 5.74) is 0. The van der Waals surface area contributed by atoms with Gasteiger partial charge >= 0.3 is 55.0 Å². The van der Waals surface area contributed by atoms with Gasteiger partial charge in [0.25, 0.3) is 0 Å². The average Bonchev–Trinajstić information content (AvgIpc) is 1.64. The topological polar surface area (TPSA) is 61.8 Å². The average molecular weight is 244 g/mol. The minimum absolute atomic E-state index is 0.146. The van der Waals surface area contributed by atoms with E-state index in [0.29, 0.717) is 0 Å². The van der Waals surface area contributed by atoms with E-state index in [9.17, 15) is 7.48 Å². The van der Waals surface area contributed by atoms with Crippen molar-refractivity contribution in [3.05, 3.63) is 0 Å². The van der Waals surface area contributed by atoms with Crippen LogP contribution in [0.25, 0.3) is 0 Å². The van der Waals surface area contributed by atoms with E-state index in [1.807, 2.05) is 0 Å². The van der Waals surface area contributed by atoms with Crippen molar-refractivity contribution in [2.24, 2.45) is 0 Å². The van der Waals surface area contributed by atoms with Gasteiger partial charge in [-0.05, 0) is 0 Å². The van der Waals surface area contributed by atoms with Gasteiger partial charge in [0.1, 0.15) is 0 Å². The molecule has 0 unspecified atom stereocenters. The van der Waals surface area contributed by atoms with Crippen LogP contribution in [-0.2, 0) is 17.6 Å². The van der Waals surface area contributed by atoms with Crippen LogP contribution in [0.2, 0.25) is 0 Å². The zero-order valence-corrected chi connectivity index (χ0v) is 7.40. The molecule has 0 spiro atoms. The normalized spacial score (nSPS) is 30.5. The molecule has 0 aromatic heterocycles. The van der Waals surface area contributed by atoms with Gasteiger partial charge in [-0.1, -0.05) is 0 Å². The minimum atomic E-state index is -2.83. The Kier molecular flexibility index (Phi) is 2.47. The Morgan fingerprint density at radius 2 is 1.62 bits per heavy atom. The summed E-state index contributed by atoms with van der Waals surface area (Å²) in [6.07, 6.45) is 0. The fourth-order valence-corrected chi connectivity index (χ4v) is 3.83. The second kappa shape index (κ2) is 2.94. The van der Waals surface area contributed by atoms with E-state index in [1.54, 1.807) is 0 Å². The number of rotatable bonds is 0. The molecule has 0 saturated carbocycles. The van der Waals surface area contributed by atoms with E-state index in [4.69, 9.17) is 0 Å². The van der Waals surface area contributed by atoms with Gasteiger partial charge in [-0.25, -0.2) is 0 Å². The van der Waals surface area contributed by atoms with Crippen LogP contribution in [0.5, 0.6) is 0 Å². The zero-order valence-electron chi connectivity index (χ0n) is 3.64. The molecule has 1 saturated heterocycles. The van der Waals surface area contributed by atoms with Crippen LogP contribution in [-0.4, -0.2) is 37.3 Å². The van der Waals surface area contributed by atoms with Crippen molar-refractivity contribution in [2.75, 3.05) is 6.79 Å². The molecule has 2 radical (unpaired) electrons. The molecule has 0 atom stereocenters. The molecule has 0 aromatic carbocycles. The Bertz CT molecular complexity index is 116. The van der Waals surface area contributed by atoms with Crippen molar-refractivity contribution >= 4 is 30.5 Å². The third kappa shape index (κ3) is 1.84. The van der Waals surface area contributed by atoms with Gasteiger partial charge < -0.3 is 0 Å². The molecule has 0 aromatic rings. The molecule has 8 heavy (non-hydrogen) atoms. The molecule has 46 valence electrons. The van der Waals surface area contributed by atoms with Crippen molar-refractivity contribution in [3.63, 3.8) is 0 Å². The Balaban J connectivity index is 2.45. The number of hydrogen-bond donors (Lipinski definition) is 0. The SMILES string of the molecule is O=[As]1OCO[As](=O)O1. The first-order chi connectivity index (χ1) is 3.79. The Morgan fingerprint density at radius 3 is 1.88 bits per heavy atom. The van der Waals surface area contributed by atoms with Crippen LogP contribution in [0.1, 0.15) is 0 Å². The summed E-state index contributed by atoms with van der Waals surface area (Å²) < 4.78 is 33.3. The van der Waals surface area contributed by atoms with E-state index in [-0.39, 0.29) is 6.79 Å². The van der Waals surface area contributed by atoms with Crippen molar-refractivity contribution in [1.29, 1.82) is 0 Å². The standard InChI is InChI=1S/CH2As2O5/c4-2-6-1-7-3(5)8-2/h1H2. The van der Waals surface area contributed by atoms with Crippen molar-refractivity contribution in [3.8, 4) is 0 Å². The van der Waals surface area contributed by atoms with E-state index < -0.39 is 30.5 Å². The van der Waals surface area contributed by atoms with E-state index in [1.165, 1.54) is 0 Å². The van der Waals surface area contributed by atoms with Crippen molar-refractivity contribution in [2.45, 2.75) is 0 Å². The van der Waals surface area contributed by atoms with E-state index >= 15 is 0 Å². The maximum absolute atomic E-state index is 10.2. The summed E-state index contributed by atoms with van der Waals surface area (Å²) in [4.78, 5) is 0. The van der Waals surface area contributed by atoms with Crippen LogP contribution < -0.4 is 0 Å². The van der Waals surface area contributed by atoms with Crippen LogP contribution in [0.4, 0.5) is 0 Å². The molecular weight excluding hydrogens is 242 g/mol. The number of hydrogen-bond acceptors (Lipinski definition) is 5. The molecule has 0 N–H and O–H groups in total. The van der Waals surface area contributed by atoms with E-state index in [2.05, 4.69) is 10.2 Å². The zero-order chi connectivity index (χ0) is 5.98. The summed E-state index contributed by atoms with van der Waals surface area (Å²) in [7, 11) is 0. The maximum atomic E-state index is 10.2. The second-order valence-electron chi connectivity index (χ2n) is 0.905. The van der Waals surface area contributed by atoms with Gasteiger partial charge in [0.2, 0.25) is 0 Å². The summed E-state index contributed by atoms with van der Waals surface area (Å²) in [6, 6.07) is 0. The Hall–Kier alpha value is 0.597. The summed E-state index contributed by atoms with van der Waals surface area (Å²) in [5.74, 6) is 0. The monoisotopic (exact) mass is 244 g/mol. The molecule has 1 heterocycles. The van der Waals surface area contributed by atoms with Gasteiger partial charge in [0, 0.05) is 0 Å². The van der Waals surface area contributed by atoms with Gasteiger partial charge in [-0.3, -0.25) is 0 Å². The first kappa shape index (κ1) is 6.71. The summed E-state index contributed by atoms with van der Waals surface area (Å²) >= 11 is -5.67. The molecule has 0 bridgehead atoms. The molecule has 1 fully saturated rings. The van der Waals surface area contributed by atoms with Gasteiger partial charge in [-0.15, -0.1) is 0 Å². The predicted octanol–water partition coefficient (Wildman–Crippen LogP) is -1.16. The van der Waals surface area contributed by atoms with Crippen molar-refractivity contribution in [1.82, 2.24) is 0 Å². The second-order valence-corrected chi connectivity index (χ2v) is 5.99. The molecule has 7 heteroatoms. The van der Waals surface area contributed by atoms with Gasteiger partial charge in [0.15, 0.2) is 0 Å². The van der Waals surface area contributed by atoms with Crippen LogP contribution in [0.3, 0.4) is 0 Å². The molecule has 1 aliphatic rings. The summed E-state index contributed by atoms with van der Waals surface area (Å²) in [5, 5.41) is 0. The van der Waals surface area contributed by atoms with Crippen molar-refractivity contribution < 1.29 is 17.6 Å². The molecular formula is CH2As2O5. The first-order valence-corrected chi connectivity index (χ1v) is 6.27.